The largest absolute Gasteiger partial charge is 0.480 e. The summed E-state index contributed by atoms with van der Waals surface area (Å²) < 4.78 is 0.756. The molecule has 0 aromatic carbocycles. The van der Waals surface area contributed by atoms with Gasteiger partial charge in [0, 0.05) is 6.20 Å². The van der Waals surface area contributed by atoms with Crippen LogP contribution in [0.3, 0.4) is 0 Å². The summed E-state index contributed by atoms with van der Waals surface area (Å²) in [4.78, 5) is 14.1. The molecular weight excluding hydrogens is 224 g/mol. The highest BCUT2D eigenvalue weighted by molar-refractivity contribution is 9.10. The van der Waals surface area contributed by atoms with Crippen molar-refractivity contribution in [3.05, 3.63) is 22.8 Å². The van der Waals surface area contributed by atoms with E-state index in [2.05, 4.69) is 26.2 Å². The van der Waals surface area contributed by atoms with Gasteiger partial charge in [0.1, 0.15) is 12.4 Å². The predicted octanol–water partition coefficient (Wildman–Crippen LogP) is 1.34. The van der Waals surface area contributed by atoms with Gasteiger partial charge in [0.2, 0.25) is 0 Å². The molecule has 0 atom stereocenters. The third-order valence-electron chi connectivity index (χ3n) is 1.17. The molecule has 0 saturated carbocycles. The Morgan fingerprint density at radius 3 is 3.08 bits per heavy atom. The van der Waals surface area contributed by atoms with Crippen LogP contribution in [0.25, 0.3) is 0 Å². The second-order valence-corrected chi connectivity index (χ2v) is 2.94. The van der Waals surface area contributed by atoms with Crippen molar-refractivity contribution in [2.75, 3.05) is 11.9 Å². The van der Waals surface area contributed by atoms with Gasteiger partial charge in [-0.25, -0.2) is 4.98 Å². The summed E-state index contributed by atoms with van der Waals surface area (Å²) in [5.74, 6) is -0.368. The number of halogens is 1. The molecule has 0 radical (unpaired) electrons. The zero-order chi connectivity index (χ0) is 8.97. The minimum Gasteiger partial charge on any atom is -0.480 e. The first kappa shape index (κ1) is 8.99. The van der Waals surface area contributed by atoms with Gasteiger partial charge in [0.05, 0.1) is 4.47 Å². The number of nitrogens with one attached hydrogen (secondary N) is 1. The standard InChI is InChI=1S/C7H7BrN2O2/c8-5-2-1-3-9-7(5)10-4-6(11)12/h1-3H,4H2,(H,9,10)(H,11,12). The van der Waals surface area contributed by atoms with Crippen molar-refractivity contribution >= 4 is 27.7 Å². The average molecular weight is 231 g/mol. The van der Waals surface area contributed by atoms with Crippen LogP contribution in [0, 0.1) is 0 Å². The molecule has 0 bridgehead atoms. The van der Waals surface area contributed by atoms with Crippen molar-refractivity contribution in [1.82, 2.24) is 4.98 Å². The van der Waals surface area contributed by atoms with Gasteiger partial charge < -0.3 is 10.4 Å². The van der Waals surface area contributed by atoms with Crippen LogP contribution in [0.5, 0.6) is 0 Å². The molecule has 0 amide bonds. The lowest BCUT2D eigenvalue weighted by Gasteiger charge is -2.02. The number of carbonyl (C=O) groups is 1. The van der Waals surface area contributed by atoms with E-state index in [9.17, 15) is 4.79 Å². The SMILES string of the molecule is O=C(O)CNc1ncccc1Br. The topological polar surface area (TPSA) is 62.2 Å². The number of rotatable bonds is 3. The Labute approximate surface area is 77.8 Å². The van der Waals surface area contributed by atoms with Crippen LogP contribution in [0.15, 0.2) is 22.8 Å². The summed E-state index contributed by atoms with van der Waals surface area (Å²) in [5, 5.41) is 11.0. The minimum atomic E-state index is -0.910. The van der Waals surface area contributed by atoms with Gasteiger partial charge in [-0.2, -0.15) is 0 Å². The summed E-state index contributed by atoms with van der Waals surface area (Å²) in [6.07, 6.45) is 1.59. The number of nitrogens with zero attached hydrogens (tertiary/aromatic N) is 1. The molecular formula is C7H7BrN2O2. The second kappa shape index (κ2) is 4.06. The monoisotopic (exact) mass is 230 g/mol. The Morgan fingerprint density at radius 1 is 1.75 bits per heavy atom. The Hall–Kier alpha value is -1.10. The first-order valence-electron chi connectivity index (χ1n) is 3.26. The van der Waals surface area contributed by atoms with Crippen LogP contribution >= 0.6 is 15.9 Å². The van der Waals surface area contributed by atoms with E-state index in [1.54, 1.807) is 18.3 Å². The van der Waals surface area contributed by atoms with Crippen molar-refractivity contribution < 1.29 is 9.90 Å². The van der Waals surface area contributed by atoms with Gasteiger partial charge in [-0.1, -0.05) is 0 Å². The van der Waals surface area contributed by atoms with Crippen molar-refractivity contribution in [3.63, 3.8) is 0 Å². The molecule has 0 aliphatic heterocycles. The molecule has 0 saturated heterocycles. The van der Waals surface area contributed by atoms with Gasteiger partial charge in [-0.15, -0.1) is 0 Å². The first-order chi connectivity index (χ1) is 5.70. The quantitative estimate of drug-likeness (QED) is 0.823. The van der Waals surface area contributed by atoms with E-state index in [1.165, 1.54) is 0 Å². The van der Waals surface area contributed by atoms with Gasteiger partial charge in [0.25, 0.3) is 0 Å². The Bertz CT molecular complexity index is 290. The van der Waals surface area contributed by atoms with Crippen molar-refractivity contribution in [3.8, 4) is 0 Å². The molecule has 1 heterocycles. The van der Waals surface area contributed by atoms with E-state index in [-0.39, 0.29) is 6.54 Å². The second-order valence-electron chi connectivity index (χ2n) is 2.08. The minimum absolute atomic E-state index is 0.129. The smallest absolute Gasteiger partial charge is 0.322 e. The fraction of sp³-hybridized carbons (Fsp3) is 0.143. The molecule has 0 fully saturated rings. The lowest BCUT2D eigenvalue weighted by molar-refractivity contribution is -0.134. The molecule has 1 rings (SSSR count). The Balaban J connectivity index is 2.63. The number of pyridine rings is 1. The molecule has 0 aliphatic carbocycles. The molecule has 5 heteroatoms. The molecule has 1 aromatic heterocycles. The highest BCUT2D eigenvalue weighted by Crippen LogP contribution is 2.17. The molecule has 0 spiro atoms. The maximum absolute atomic E-state index is 10.2. The third-order valence-corrected chi connectivity index (χ3v) is 1.81. The zero-order valence-corrected chi connectivity index (χ0v) is 7.71. The van der Waals surface area contributed by atoms with E-state index >= 15 is 0 Å². The maximum Gasteiger partial charge on any atom is 0.322 e. The summed E-state index contributed by atoms with van der Waals surface area (Å²) in [7, 11) is 0. The summed E-state index contributed by atoms with van der Waals surface area (Å²) >= 11 is 3.23. The number of aromatic nitrogens is 1. The van der Waals surface area contributed by atoms with Gasteiger partial charge in [-0.3, -0.25) is 4.79 Å². The highest BCUT2D eigenvalue weighted by Gasteiger charge is 2.00. The average Bonchev–Trinajstić information content (AvgIpc) is 2.03. The number of carboxylic acids is 1. The molecule has 0 aliphatic rings. The van der Waals surface area contributed by atoms with Gasteiger partial charge in [-0.05, 0) is 28.1 Å². The lowest BCUT2D eigenvalue weighted by atomic mass is 10.4. The molecule has 64 valence electrons. The molecule has 12 heavy (non-hydrogen) atoms. The van der Waals surface area contributed by atoms with Crippen LogP contribution in [-0.2, 0) is 4.79 Å². The number of aliphatic carboxylic acids is 1. The number of carboxylic acid groups (broad SMARTS) is 1. The fourth-order valence-electron chi connectivity index (χ4n) is 0.675. The summed E-state index contributed by atoms with van der Waals surface area (Å²) in [5.41, 5.74) is 0. The number of hydrogen-bond acceptors (Lipinski definition) is 3. The maximum atomic E-state index is 10.2. The number of anilines is 1. The normalized spacial score (nSPS) is 9.42. The van der Waals surface area contributed by atoms with E-state index in [0.29, 0.717) is 5.82 Å². The van der Waals surface area contributed by atoms with E-state index in [4.69, 9.17) is 5.11 Å². The lowest BCUT2D eigenvalue weighted by Crippen LogP contribution is -2.13. The molecule has 1 aromatic rings. The predicted molar refractivity (Wildman–Crippen MR) is 48.1 cm³/mol. The first-order valence-corrected chi connectivity index (χ1v) is 4.05. The summed E-state index contributed by atoms with van der Waals surface area (Å²) in [6, 6.07) is 3.55. The Morgan fingerprint density at radius 2 is 2.50 bits per heavy atom. The van der Waals surface area contributed by atoms with Gasteiger partial charge >= 0.3 is 5.97 Å². The van der Waals surface area contributed by atoms with Crippen molar-refractivity contribution in [2.45, 2.75) is 0 Å². The third kappa shape index (κ3) is 2.50. The van der Waals surface area contributed by atoms with E-state index in [1.807, 2.05) is 0 Å². The van der Waals surface area contributed by atoms with Crippen molar-refractivity contribution in [1.29, 1.82) is 0 Å². The van der Waals surface area contributed by atoms with Crippen LogP contribution in [-0.4, -0.2) is 22.6 Å². The molecule has 4 nitrogen and oxygen atoms in total. The van der Waals surface area contributed by atoms with Crippen molar-refractivity contribution in [2.24, 2.45) is 0 Å². The molecule has 0 unspecified atom stereocenters. The van der Waals surface area contributed by atoms with Crippen LogP contribution in [0.2, 0.25) is 0 Å². The van der Waals surface area contributed by atoms with E-state index in [0.717, 1.165) is 4.47 Å². The fourth-order valence-corrected chi connectivity index (χ4v) is 1.07. The van der Waals surface area contributed by atoms with Gasteiger partial charge in [0.15, 0.2) is 0 Å². The van der Waals surface area contributed by atoms with Crippen LogP contribution in [0.1, 0.15) is 0 Å². The molecule has 2 N–H and O–H groups in total. The van der Waals surface area contributed by atoms with Crippen LogP contribution in [0.4, 0.5) is 5.82 Å². The summed E-state index contributed by atoms with van der Waals surface area (Å²) in [6.45, 7) is -0.129. The zero-order valence-electron chi connectivity index (χ0n) is 6.12. The Kier molecular flexibility index (Phi) is 3.04. The highest BCUT2D eigenvalue weighted by atomic mass is 79.9. The van der Waals surface area contributed by atoms with E-state index < -0.39 is 5.97 Å². The van der Waals surface area contributed by atoms with Crippen LogP contribution < -0.4 is 5.32 Å². The number of hydrogen-bond donors (Lipinski definition) is 2.